The average molecular weight is 388 g/mol. The van der Waals surface area contributed by atoms with Crippen molar-refractivity contribution in [3.63, 3.8) is 0 Å². The zero-order valence-electron chi connectivity index (χ0n) is 16.1. The first-order valence-electron chi connectivity index (χ1n) is 9.12. The van der Waals surface area contributed by atoms with Crippen molar-refractivity contribution in [2.24, 2.45) is 0 Å². The predicted octanol–water partition coefficient (Wildman–Crippen LogP) is 5.25. The second kappa shape index (κ2) is 7.86. The Hall–Kier alpha value is -3.12. The predicted molar refractivity (Wildman–Crippen MR) is 114 cm³/mol. The molecule has 0 radical (unpaired) electrons. The molecule has 0 aliphatic heterocycles. The Morgan fingerprint density at radius 1 is 0.893 bits per heavy atom. The zero-order valence-corrected chi connectivity index (χ0v) is 16.9. The van der Waals surface area contributed by atoms with Crippen LogP contribution in [-0.4, -0.2) is 19.9 Å². The van der Waals surface area contributed by atoms with Gasteiger partial charge in [0, 0.05) is 29.3 Å². The van der Waals surface area contributed by atoms with Gasteiger partial charge in [0.15, 0.2) is 5.13 Å². The quantitative estimate of drug-likeness (QED) is 0.506. The summed E-state index contributed by atoms with van der Waals surface area (Å²) in [7, 11) is 0. The van der Waals surface area contributed by atoms with Crippen LogP contribution in [-0.2, 0) is 6.42 Å². The summed E-state index contributed by atoms with van der Waals surface area (Å²) in [6, 6.07) is 14.4. The Morgan fingerprint density at radius 3 is 2.46 bits per heavy atom. The second-order valence-electron chi connectivity index (χ2n) is 6.72. The molecule has 0 aliphatic rings. The highest BCUT2D eigenvalue weighted by molar-refractivity contribution is 7.14. The molecule has 0 spiro atoms. The van der Waals surface area contributed by atoms with Crippen molar-refractivity contribution in [3.05, 3.63) is 82.3 Å². The van der Waals surface area contributed by atoms with E-state index in [1.165, 1.54) is 11.1 Å². The first kappa shape index (κ1) is 18.3. The molecule has 0 bridgehead atoms. The van der Waals surface area contributed by atoms with Gasteiger partial charge in [0.25, 0.3) is 0 Å². The van der Waals surface area contributed by atoms with Crippen LogP contribution in [0.25, 0.3) is 11.4 Å². The smallest absolute Gasteiger partial charge is 0.188 e. The molecule has 1 aromatic carbocycles. The van der Waals surface area contributed by atoms with Gasteiger partial charge in [0.2, 0.25) is 0 Å². The highest BCUT2D eigenvalue weighted by Crippen LogP contribution is 2.28. The summed E-state index contributed by atoms with van der Waals surface area (Å²) in [5, 5.41) is 6.20. The third kappa shape index (κ3) is 4.07. The van der Waals surface area contributed by atoms with Crippen molar-refractivity contribution in [2.45, 2.75) is 27.2 Å². The van der Waals surface area contributed by atoms with Gasteiger partial charge in [0.05, 0.1) is 5.69 Å². The van der Waals surface area contributed by atoms with Gasteiger partial charge in [-0.1, -0.05) is 35.9 Å². The van der Waals surface area contributed by atoms with E-state index in [0.717, 1.165) is 45.8 Å². The lowest BCUT2D eigenvalue weighted by atomic mass is 10.0. The van der Waals surface area contributed by atoms with Crippen LogP contribution >= 0.6 is 11.3 Å². The van der Waals surface area contributed by atoms with Crippen molar-refractivity contribution in [2.75, 3.05) is 5.32 Å². The number of pyridine rings is 1. The number of nitrogens with one attached hydrogen (secondary N) is 1. The monoisotopic (exact) mass is 387 g/mol. The van der Waals surface area contributed by atoms with E-state index in [2.05, 4.69) is 56.4 Å². The topological polar surface area (TPSA) is 63.6 Å². The van der Waals surface area contributed by atoms with Gasteiger partial charge in [-0.3, -0.25) is 4.98 Å². The Kier molecular flexibility index (Phi) is 5.12. The highest BCUT2D eigenvalue weighted by atomic mass is 32.1. The van der Waals surface area contributed by atoms with Crippen LogP contribution in [0.2, 0.25) is 0 Å². The number of aryl methyl sites for hydroxylation is 3. The lowest BCUT2D eigenvalue weighted by molar-refractivity contribution is 0.964. The Bertz CT molecular complexity index is 1090. The maximum absolute atomic E-state index is 4.68. The number of hydrogen-bond acceptors (Lipinski definition) is 6. The molecule has 3 heterocycles. The van der Waals surface area contributed by atoms with Crippen LogP contribution < -0.4 is 5.32 Å². The molecule has 4 aromatic rings. The van der Waals surface area contributed by atoms with Crippen LogP contribution in [0.4, 0.5) is 10.9 Å². The second-order valence-corrected chi connectivity index (χ2v) is 7.58. The lowest BCUT2D eigenvalue weighted by Gasteiger charge is -2.13. The molecule has 5 nitrogen and oxygen atoms in total. The summed E-state index contributed by atoms with van der Waals surface area (Å²) >= 11 is 1.55. The van der Waals surface area contributed by atoms with Gasteiger partial charge >= 0.3 is 0 Å². The average Bonchev–Trinajstić information content (AvgIpc) is 3.15. The molecule has 0 unspecified atom stereocenters. The van der Waals surface area contributed by atoms with E-state index >= 15 is 0 Å². The van der Waals surface area contributed by atoms with Gasteiger partial charge in [-0.15, -0.1) is 11.3 Å². The Balaban J connectivity index is 1.64. The molecule has 0 atom stereocenters. The molecule has 1 N–H and O–H groups in total. The normalized spacial score (nSPS) is 10.8. The Morgan fingerprint density at radius 2 is 1.71 bits per heavy atom. The minimum atomic E-state index is 0.745. The Labute approximate surface area is 168 Å². The third-order valence-corrected chi connectivity index (χ3v) is 5.24. The molecular weight excluding hydrogens is 366 g/mol. The minimum Gasteiger partial charge on any atom is -0.316 e. The van der Waals surface area contributed by atoms with Crippen molar-refractivity contribution in [3.8, 4) is 11.4 Å². The molecular formula is C22H21N5S. The van der Waals surface area contributed by atoms with E-state index < -0.39 is 0 Å². The fraction of sp³-hybridized carbons (Fsp3) is 0.182. The standard InChI is InChI=1S/C22H21N5S/c1-14-7-9-17(10-8-14)12-18-15(2)24-16(3)25-21(18)27-22-26-20(13-28-22)19-6-4-5-11-23-19/h4-11,13H,12H2,1-3H3,(H,24,25,26,27). The van der Waals surface area contributed by atoms with Crippen molar-refractivity contribution >= 4 is 22.3 Å². The van der Waals surface area contributed by atoms with Gasteiger partial charge in [0.1, 0.15) is 17.3 Å². The van der Waals surface area contributed by atoms with Crippen LogP contribution in [0, 0.1) is 20.8 Å². The first-order valence-corrected chi connectivity index (χ1v) is 10.00. The highest BCUT2D eigenvalue weighted by Gasteiger charge is 2.14. The van der Waals surface area contributed by atoms with Crippen molar-refractivity contribution in [1.82, 2.24) is 19.9 Å². The molecule has 6 heteroatoms. The van der Waals surface area contributed by atoms with Crippen molar-refractivity contribution in [1.29, 1.82) is 0 Å². The number of nitrogens with zero attached hydrogens (tertiary/aromatic N) is 4. The SMILES string of the molecule is Cc1ccc(Cc2c(C)nc(C)nc2Nc2nc(-c3ccccn3)cs2)cc1. The largest absolute Gasteiger partial charge is 0.316 e. The minimum absolute atomic E-state index is 0.745. The summed E-state index contributed by atoms with van der Waals surface area (Å²) in [4.78, 5) is 18.3. The number of thiazole rings is 1. The molecule has 0 aliphatic carbocycles. The molecule has 140 valence electrons. The lowest BCUT2D eigenvalue weighted by Crippen LogP contribution is -2.06. The molecule has 0 amide bonds. The summed E-state index contributed by atoms with van der Waals surface area (Å²) in [5.41, 5.74) is 6.28. The maximum Gasteiger partial charge on any atom is 0.188 e. The van der Waals surface area contributed by atoms with Crippen LogP contribution in [0.3, 0.4) is 0 Å². The molecule has 4 rings (SSSR count). The van der Waals surface area contributed by atoms with E-state index in [9.17, 15) is 0 Å². The first-order chi connectivity index (χ1) is 13.6. The number of hydrogen-bond donors (Lipinski definition) is 1. The summed E-state index contributed by atoms with van der Waals surface area (Å²) < 4.78 is 0. The maximum atomic E-state index is 4.68. The fourth-order valence-electron chi connectivity index (χ4n) is 3.03. The van der Waals surface area contributed by atoms with Gasteiger partial charge < -0.3 is 5.32 Å². The van der Waals surface area contributed by atoms with Gasteiger partial charge in [-0.2, -0.15) is 0 Å². The van der Waals surface area contributed by atoms with E-state index in [4.69, 9.17) is 0 Å². The van der Waals surface area contributed by atoms with Crippen LogP contribution in [0.15, 0.2) is 54.0 Å². The van der Waals surface area contributed by atoms with E-state index in [-0.39, 0.29) is 0 Å². The third-order valence-electron chi connectivity index (χ3n) is 4.48. The van der Waals surface area contributed by atoms with E-state index in [0.29, 0.717) is 0 Å². The number of rotatable bonds is 5. The van der Waals surface area contributed by atoms with Crippen LogP contribution in [0.1, 0.15) is 28.2 Å². The fourth-order valence-corrected chi connectivity index (χ4v) is 3.73. The zero-order chi connectivity index (χ0) is 19.5. The summed E-state index contributed by atoms with van der Waals surface area (Å²) in [5.74, 6) is 1.56. The number of benzene rings is 1. The summed E-state index contributed by atoms with van der Waals surface area (Å²) in [6.07, 6.45) is 2.55. The van der Waals surface area contributed by atoms with E-state index in [1.54, 1.807) is 17.5 Å². The van der Waals surface area contributed by atoms with Gasteiger partial charge in [-0.25, -0.2) is 15.0 Å². The molecule has 0 saturated heterocycles. The number of aromatic nitrogens is 4. The van der Waals surface area contributed by atoms with E-state index in [1.807, 2.05) is 37.4 Å². The molecule has 28 heavy (non-hydrogen) atoms. The summed E-state index contributed by atoms with van der Waals surface area (Å²) in [6.45, 7) is 6.04. The molecule has 0 fully saturated rings. The molecule has 0 saturated carbocycles. The van der Waals surface area contributed by atoms with Crippen LogP contribution in [0.5, 0.6) is 0 Å². The van der Waals surface area contributed by atoms with Crippen molar-refractivity contribution < 1.29 is 0 Å². The number of anilines is 2. The van der Waals surface area contributed by atoms with Gasteiger partial charge in [-0.05, 0) is 38.5 Å². The molecule has 3 aromatic heterocycles.